The van der Waals surface area contributed by atoms with Crippen molar-refractivity contribution in [2.24, 2.45) is 10.9 Å². The fraction of sp³-hybridized carbons (Fsp3) is 0.471. The van der Waals surface area contributed by atoms with Gasteiger partial charge in [-0.15, -0.1) is 24.0 Å². The van der Waals surface area contributed by atoms with Crippen molar-refractivity contribution in [1.29, 1.82) is 0 Å². The maximum absolute atomic E-state index is 12.3. The van der Waals surface area contributed by atoms with Crippen LogP contribution in [-0.4, -0.2) is 48.9 Å². The van der Waals surface area contributed by atoms with Crippen molar-refractivity contribution in [2.45, 2.75) is 26.8 Å². The normalized spacial score (nSPS) is 15.2. The number of carbonyl (C=O) groups excluding carboxylic acids is 2. The van der Waals surface area contributed by atoms with Gasteiger partial charge in [0.1, 0.15) is 0 Å². The van der Waals surface area contributed by atoms with Crippen LogP contribution < -0.4 is 10.6 Å². The number of aliphatic imine (C=N–C) groups is 1. The van der Waals surface area contributed by atoms with E-state index in [-0.39, 0.29) is 41.8 Å². The van der Waals surface area contributed by atoms with Gasteiger partial charge in [-0.3, -0.25) is 19.5 Å². The second-order valence-corrected chi connectivity index (χ2v) is 5.98. The number of hydrogen-bond donors (Lipinski definition) is 2. The van der Waals surface area contributed by atoms with Crippen LogP contribution in [-0.2, 0) is 0 Å². The molecule has 6 nitrogen and oxygen atoms in total. The number of carbonyl (C=O) groups is 2. The Morgan fingerprint density at radius 2 is 1.67 bits per heavy atom. The molecule has 7 heteroatoms. The quantitative estimate of drug-likeness (QED) is 0.316. The fourth-order valence-corrected chi connectivity index (χ4v) is 2.31. The molecule has 1 aliphatic heterocycles. The van der Waals surface area contributed by atoms with E-state index in [1.54, 1.807) is 31.3 Å². The van der Waals surface area contributed by atoms with E-state index in [0.717, 1.165) is 0 Å². The molecule has 1 aromatic rings. The number of amides is 2. The number of rotatable bonds is 5. The number of halogens is 1. The second kappa shape index (κ2) is 9.00. The molecular weight excluding hydrogens is 419 g/mol. The van der Waals surface area contributed by atoms with Gasteiger partial charge in [-0.1, -0.05) is 26.0 Å². The first kappa shape index (κ1) is 20.4. The summed E-state index contributed by atoms with van der Waals surface area (Å²) in [6, 6.07) is 7.19. The first-order valence-corrected chi connectivity index (χ1v) is 7.88. The average Bonchev–Trinajstić information content (AvgIpc) is 2.78. The van der Waals surface area contributed by atoms with Crippen LogP contribution in [0.3, 0.4) is 0 Å². The number of nitrogens with zero attached hydrogens (tertiary/aromatic N) is 2. The fourth-order valence-electron chi connectivity index (χ4n) is 2.31. The maximum Gasteiger partial charge on any atom is 0.261 e. The van der Waals surface area contributed by atoms with Crippen molar-refractivity contribution in [2.75, 3.05) is 20.1 Å². The molecule has 2 rings (SSSR count). The summed E-state index contributed by atoms with van der Waals surface area (Å²) < 4.78 is 0. The molecule has 132 valence electrons. The summed E-state index contributed by atoms with van der Waals surface area (Å²) in [4.78, 5) is 29.9. The zero-order valence-corrected chi connectivity index (χ0v) is 16.8. The Balaban J connectivity index is 0.00000288. The Labute approximate surface area is 160 Å². The lowest BCUT2D eigenvalue weighted by Gasteiger charge is -2.21. The predicted octanol–water partition coefficient (Wildman–Crippen LogP) is 2.11. The average molecular weight is 444 g/mol. The smallest absolute Gasteiger partial charge is 0.261 e. The number of imide groups is 1. The van der Waals surface area contributed by atoms with E-state index < -0.39 is 0 Å². The lowest BCUT2D eigenvalue weighted by Crippen LogP contribution is -2.46. The van der Waals surface area contributed by atoms with Crippen LogP contribution in [0.1, 0.15) is 41.5 Å². The van der Waals surface area contributed by atoms with Crippen LogP contribution in [0.2, 0.25) is 0 Å². The first-order valence-electron chi connectivity index (χ1n) is 7.88. The van der Waals surface area contributed by atoms with E-state index >= 15 is 0 Å². The van der Waals surface area contributed by atoms with Gasteiger partial charge in [0.25, 0.3) is 11.8 Å². The minimum atomic E-state index is -0.231. The monoisotopic (exact) mass is 444 g/mol. The van der Waals surface area contributed by atoms with Gasteiger partial charge in [-0.05, 0) is 25.0 Å². The Morgan fingerprint density at radius 3 is 2.12 bits per heavy atom. The summed E-state index contributed by atoms with van der Waals surface area (Å²) in [5, 5.41) is 6.42. The standard InChI is InChI=1S/C17H24N4O2.HI/c1-11(2)12(3)20-17(18-4)19-9-10-21-15(22)13-7-5-6-8-14(13)16(21)23;/h5-8,11-12H,9-10H2,1-4H3,(H2,18,19,20);1H. The van der Waals surface area contributed by atoms with E-state index in [4.69, 9.17) is 0 Å². The molecule has 1 heterocycles. The lowest BCUT2D eigenvalue weighted by atomic mass is 10.1. The van der Waals surface area contributed by atoms with Gasteiger partial charge in [0.2, 0.25) is 0 Å². The van der Waals surface area contributed by atoms with Crippen molar-refractivity contribution in [3.63, 3.8) is 0 Å². The highest BCUT2D eigenvalue weighted by atomic mass is 127. The van der Waals surface area contributed by atoms with Gasteiger partial charge in [0.15, 0.2) is 5.96 Å². The molecule has 2 N–H and O–H groups in total. The van der Waals surface area contributed by atoms with Crippen molar-refractivity contribution in [3.8, 4) is 0 Å². The highest BCUT2D eigenvalue weighted by molar-refractivity contribution is 14.0. The summed E-state index contributed by atoms with van der Waals surface area (Å²) in [5.74, 6) is 0.685. The molecule has 0 fully saturated rings. The molecule has 1 aromatic carbocycles. The van der Waals surface area contributed by atoms with Crippen molar-refractivity contribution in [3.05, 3.63) is 35.4 Å². The zero-order chi connectivity index (χ0) is 17.0. The van der Waals surface area contributed by atoms with Crippen LogP contribution in [0.25, 0.3) is 0 Å². The third-order valence-corrected chi connectivity index (χ3v) is 4.09. The van der Waals surface area contributed by atoms with E-state index in [2.05, 4.69) is 36.4 Å². The van der Waals surface area contributed by atoms with Crippen LogP contribution >= 0.6 is 24.0 Å². The molecule has 0 bridgehead atoms. The van der Waals surface area contributed by atoms with Gasteiger partial charge in [-0.25, -0.2) is 0 Å². The predicted molar refractivity (Wildman–Crippen MR) is 106 cm³/mol. The van der Waals surface area contributed by atoms with Crippen LogP contribution in [0.15, 0.2) is 29.3 Å². The van der Waals surface area contributed by atoms with E-state index in [0.29, 0.717) is 36.1 Å². The molecule has 0 aliphatic carbocycles. The molecule has 0 spiro atoms. The van der Waals surface area contributed by atoms with Crippen molar-refractivity contribution in [1.82, 2.24) is 15.5 Å². The Hall–Kier alpha value is -1.64. The summed E-state index contributed by atoms with van der Waals surface area (Å²) in [6.45, 7) is 7.11. The maximum atomic E-state index is 12.3. The zero-order valence-electron chi connectivity index (χ0n) is 14.5. The van der Waals surface area contributed by atoms with Crippen molar-refractivity contribution < 1.29 is 9.59 Å². The van der Waals surface area contributed by atoms with Gasteiger partial charge < -0.3 is 10.6 Å². The third-order valence-electron chi connectivity index (χ3n) is 4.09. The minimum Gasteiger partial charge on any atom is -0.355 e. The summed E-state index contributed by atoms with van der Waals surface area (Å²) in [5.41, 5.74) is 0.960. The molecule has 0 aromatic heterocycles. The second-order valence-electron chi connectivity index (χ2n) is 5.98. The van der Waals surface area contributed by atoms with Gasteiger partial charge in [0, 0.05) is 26.2 Å². The van der Waals surface area contributed by atoms with E-state index in [9.17, 15) is 9.59 Å². The molecule has 1 aliphatic rings. The first-order chi connectivity index (χ1) is 11.0. The summed E-state index contributed by atoms with van der Waals surface area (Å²) >= 11 is 0. The number of fused-ring (bicyclic) bond motifs is 1. The molecular formula is C17H25IN4O2. The number of hydrogen-bond acceptors (Lipinski definition) is 3. The molecule has 0 radical (unpaired) electrons. The Morgan fingerprint density at radius 1 is 1.12 bits per heavy atom. The number of nitrogens with one attached hydrogen (secondary N) is 2. The van der Waals surface area contributed by atoms with E-state index in [1.807, 2.05) is 0 Å². The van der Waals surface area contributed by atoms with Gasteiger partial charge >= 0.3 is 0 Å². The molecule has 0 saturated carbocycles. The Kier molecular flexibility index (Phi) is 7.65. The summed E-state index contributed by atoms with van der Waals surface area (Å²) in [7, 11) is 1.70. The van der Waals surface area contributed by atoms with Crippen molar-refractivity contribution >= 4 is 41.8 Å². The number of benzene rings is 1. The Bertz CT molecular complexity index is 596. The highest BCUT2D eigenvalue weighted by Gasteiger charge is 2.34. The minimum absolute atomic E-state index is 0. The third kappa shape index (κ3) is 4.46. The van der Waals surface area contributed by atoms with Gasteiger partial charge in [-0.2, -0.15) is 0 Å². The molecule has 1 unspecified atom stereocenters. The highest BCUT2D eigenvalue weighted by Crippen LogP contribution is 2.21. The largest absolute Gasteiger partial charge is 0.355 e. The molecule has 1 atom stereocenters. The lowest BCUT2D eigenvalue weighted by molar-refractivity contribution is 0.0657. The topological polar surface area (TPSA) is 73.8 Å². The van der Waals surface area contributed by atoms with Crippen LogP contribution in [0.5, 0.6) is 0 Å². The van der Waals surface area contributed by atoms with Crippen LogP contribution in [0.4, 0.5) is 0 Å². The summed E-state index contributed by atoms with van der Waals surface area (Å²) in [6.07, 6.45) is 0. The SMILES string of the molecule is CN=C(NCCN1C(=O)c2ccccc2C1=O)NC(C)C(C)C.I. The number of guanidine groups is 1. The van der Waals surface area contributed by atoms with Crippen LogP contribution in [0, 0.1) is 5.92 Å². The van der Waals surface area contributed by atoms with E-state index in [1.165, 1.54) is 4.90 Å². The molecule has 24 heavy (non-hydrogen) atoms. The van der Waals surface area contributed by atoms with Gasteiger partial charge in [0.05, 0.1) is 11.1 Å². The molecule has 0 saturated heterocycles. The molecule has 2 amide bonds.